The molecule has 1 saturated heterocycles. The normalized spacial score (nSPS) is 15.4. The predicted octanol–water partition coefficient (Wildman–Crippen LogP) is 2.63. The Morgan fingerprint density at radius 2 is 1.92 bits per heavy atom. The monoisotopic (exact) mass is 336 g/mol. The first kappa shape index (κ1) is 15.7. The molecule has 1 fully saturated rings. The highest BCUT2D eigenvalue weighted by Gasteiger charge is 2.23. The van der Waals surface area contributed by atoms with E-state index in [2.05, 4.69) is 27.2 Å². The first-order chi connectivity index (χ1) is 12.3. The number of rotatable bonds is 4. The standard InChI is InChI=1S/C19H20N4O2/c24-19(16-6-11-25-14-16)23-9-7-22(8-10-23)13-17-12-20-21-18(17)15-4-2-1-3-5-15/h1-6,11-12,14H,7-10,13H2,(H,20,21). The van der Waals surface area contributed by atoms with Crippen LogP contribution in [0.4, 0.5) is 0 Å². The molecule has 4 rings (SSSR count). The minimum atomic E-state index is 0.0432. The van der Waals surface area contributed by atoms with E-state index in [0.717, 1.165) is 44.0 Å². The summed E-state index contributed by atoms with van der Waals surface area (Å²) in [5.74, 6) is 0.0432. The van der Waals surface area contributed by atoms with Crippen LogP contribution >= 0.6 is 0 Å². The number of amides is 1. The molecule has 1 N–H and O–H groups in total. The largest absolute Gasteiger partial charge is 0.472 e. The van der Waals surface area contributed by atoms with Gasteiger partial charge in [-0.15, -0.1) is 0 Å². The molecule has 0 aliphatic carbocycles. The molecule has 6 heteroatoms. The molecule has 3 aromatic rings. The topological polar surface area (TPSA) is 65.4 Å². The van der Waals surface area contributed by atoms with E-state index in [4.69, 9.17) is 4.42 Å². The fraction of sp³-hybridized carbons (Fsp3) is 0.263. The van der Waals surface area contributed by atoms with E-state index >= 15 is 0 Å². The van der Waals surface area contributed by atoms with E-state index in [9.17, 15) is 4.79 Å². The second-order valence-electron chi connectivity index (χ2n) is 6.22. The van der Waals surface area contributed by atoms with Gasteiger partial charge in [-0.05, 0) is 11.6 Å². The molecule has 0 unspecified atom stereocenters. The zero-order valence-electron chi connectivity index (χ0n) is 13.9. The van der Waals surface area contributed by atoms with E-state index in [1.165, 1.54) is 18.1 Å². The Balaban J connectivity index is 1.38. The maximum atomic E-state index is 12.4. The van der Waals surface area contributed by atoms with Gasteiger partial charge in [0.15, 0.2) is 0 Å². The number of furan rings is 1. The molecule has 1 aromatic carbocycles. The molecule has 0 saturated carbocycles. The number of aromatic amines is 1. The fourth-order valence-electron chi connectivity index (χ4n) is 3.20. The summed E-state index contributed by atoms with van der Waals surface area (Å²) in [5.41, 5.74) is 4.01. The maximum absolute atomic E-state index is 12.4. The van der Waals surface area contributed by atoms with Gasteiger partial charge in [-0.1, -0.05) is 30.3 Å². The number of carbonyl (C=O) groups is 1. The Hall–Kier alpha value is -2.86. The molecule has 1 aliphatic heterocycles. The van der Waals surface area contributed by atoms with Crippen LogP contribution in [-0.2, 0) is 6.54 Å². The van der Waals surface area contributed by atoms with Gasteiger partial charge in [0.05, 0.1) is 23.7 Å². The SMILES string of the molecule is O=C(c1ccoc1)N1CCN(Cc2cn[nH]c2-c2ccccc2)CC1. The zero-order valence-corrected chi connectivity index (χ0v) is 13.9. The van der Waals surface area contributed by atoms with Crippen molar-refractivity contribution in [1.29, 1.82) is 0 Å². The van der Waals surface area contributed by atoms with Gasteiger partial charge in [-0.3, -0.25) is 14.8 Å². The summed E-state index contributed by atoms with van der Waals surface area (Å²) in [4.78, 5) is 16.6. The summed E-state index contributed by atoms with van der Waals surface area (Å²) in [6.07, 6.45) is 4.94. The lowest BCUT2D eigenvalue weighted by Gasteiger charge is -2.34. The molecular formula is C19H20N4O2. The van der Waals surface area contributed by atoms with Crippen molar-refractivity contribution in [2.75, 3.05) is 26.2 Å². The molecule has 0 spiro atoms. The van der Waals surface area contributed by atoms with E-state index in [1.54, 1.807) is 6.07 Å². The second-order valence-corrected chi connectivity index (χ2v) is 6.22. The third kappa shape index (κ3) is 3.34. The Morgan fingerprint density at radius 1 is 1.12 bits per heavy atom. The number of nitrogens with zero attached hydrogens (tertiary/aromatic N) is 3. The minimum Gasteiger partial charge on any atom is -0.472 e. The summed E-state index contributed by atoms with van der Waals surface area (Å²) < 4.78 is 5.00. The highest BCUT2D eigenvalue weighted by atomic mass is 16.3. The molecule has 0 bridgehead atoms. The van der Waals surface area contributed by atoms with E-state index < -0.39 is 0 Å². The number of benzene rings is 1. The number of piperazine rings is 1. The van der Waals surface area contributed by atoms with Crippen LogP contribution in [0.1, 0.15) is 15.9 Å². The Kier molecular flexibility index (Phi) is 4.35. The summed E-state index contributed by atoms with van der Waals surface area (Å²) >= 11 is 0. The molecule has 1 amide bonds. The molecule has 1 aliphatic rings. The maximum Gasteiger partial charge on any atom is 0.257 e. The minimum absolute atomic E-state index is 0.0432. The molecule has 128 valence electrons. The van der Waals surface area contributed by atoms with Gasteiger partial charge >= 0.3 is 0 Å². The van der Waals surface area contributed by atoms with Gasteiger partial charge in [0.2, 0.25) is 0 Å². The average molecular weight is 336 g/mol. The van der Waals surface area contributed by atoms with Crippen molar-refractivity contribution in [1.82, 2.24) is 20.0 Å². The third-order valence-corrected chi connectivity index (χ3v) is 4.60. The lowest BCUT2D eigenvalue weighted by atomic mass is 10.1. The highest BCUT2D eigenvalue weighted by molar-refractivity contribution is 5.93. The summed E-state index contributed by atoms with van der Waals surface area (Å²) in [7, 11) is 0. The average Bonchev–Trinajstić information content (AvgIpc) is 3.35. The van der Waals surface area contributed by atoms with Crippen LogP contribution in [0.2, 0.25) is 0 Å². The van der Waals surface area contributed by atoms with Crippen LogP contribution in [0.5, 0.6) is 0 Å². The third-order valence-electron chi connectivity index (χ3n) is 4.60. The van der Waals surface area contributed by atoms with Crippen molar-refractivity contribution in [3.63, 3.8) is 0 Å². The molecule has 6 nitrogen and oxygen atoms in total. The molecule has 0 radical (unpaired) electrons. The van der Waals surface area contributed by atoms with Gasteiger partial charge < -0.3 is 9.32 Å². The number of hydrogen-bond acceptors (Lipinski definition) is 4. The lowest BCUT2D eigenvalue weighted by Crippen LogP contribution is -2.48. The lowest BCUT2D eigenvalue weighted by molar-refractivity contribution is 0.0628. The van der Waals surface area contributed by atoms with Gasteiger partial charge in [0, 0.05) is 38.3 Å². The van der Waals surface area contributed by atoms with Crippen LogP contribution in [0, 0.1) is 0 Å². The fourth-order valence-corrected chi connectivity index (χ4v) is 3.20. The van der Waals surface area contributed by atoms with Gasteiger partial charge in [-0.2, -0.15) is 5.10 Å². The van der Waals surface area contributed by atoms with Crippen molar-refractivity contribution >= 4 is 5.91 Å². The highest BCUT2D eigenvalue weighted by Crippen LogP contribution is 2.22. The van der Waals surface area contributed by atoms with E-state index in [-0.39, 0.29) is 5.91 Å². The van der Waals surface area contributed by atoms with Gasteiger partial charge in [0.1, 0.15) is 6.26 Å². The van der Waals surface area contributed by atoms with Crippen molar-refractivity contribution in [3.05, 3.63) is 66.2 Å². The summed E-state index contributed by atoms with van der Waals surface area (Å²) in [6.45, 7) is 3.98. The van der Waals surface area contributed by atoms with Crippen LogP contribution in [0.25, 0.3) is 11.3 Å². The first-order valence-corrected chi connectivity index (χ1v) is 8.43. The summed E-state index contributed by atoms with van der Waals surface area (Å²) in [6, 6.07) is 11.9. The molecule has 3 heterocycles. The van der Waals surface area contributed by atoms with Crippen LogP contribution in [0.3, 0.4) is 0 Å². The van der Waals surface area contributed by atoms with Crippen molar-refractivity contribution in [2.24, 2.45) is 0 Å². The molecule has 2 aromatic heterocycles. The number of H-pyrrole nitrogens is 1. The first-order valence-electron chi connectivity index (χ1n) is 8.43. The van der Waals surface area contributed by atoms with Gasteiger partial charge in [-0.25, -0.2) is 0 Å². The Morgan fingerprint density at radius 3 is 2.64 bits per heavy atom. The second kappa shape index (κ2) is 6.94. The van der Waals surface area contributed by atoms with Gasteiger partial charge in [0.25, 0.3) is 5.91 Å². The smallest absolute Gasteiger partial charge is 0.257 e. The van der Waals surface area contributed by atoms with Crippen LogP contribution in [0.15, 0.2) is 59.5 Å². The van der Waals surface area contributed by atoms with Crippen molar-refractivity contribution in [2.45, 2.75) is 6.54 Å². The zero-order chi connectivity index (χ0) is 17.1. The summed E-state index contributed by atoms with van der Waals surface area (Å²) in [5, 5.41) is 7.32. The molecular weight excluding hydrogens is 316 g/mol. The molecule has 25 heavy (non-hydrogen) atoms. The van der Waals surface area contributed by atoms with Crippen LogP contribution < -0.4 is 0 Å². The van der Waals surface area contributed by atoms with Crippen molar-refractivity contribution in [3.8, 4) is 11.3 Å². The Bertz CT molecular complexity index is 818. The van der Waals surface area contributed by atoms with Crippen LogP contribution in [-0.4, -0.2) is 52.1 Å². The number of carbonyl (C=O) groups excluding carboxylic acids is 1. The van der Waals surface area contributed by atoms with E-state index in [1.807, 2.05) is 29.3 Å². The number of hydrogen-bond donors (Lipinski definition) is 1. The predicted molar refractivity (Wildman–Crippen MR) is 93.9 cm³/mol. The van der Waals surface area contributed by atoms with E-state index in [0.29, 0.717) is 5.56 Å². The number of nitrogens with one attached hydrogen (secondary N) is 1. The van der Waals surface area contributed by atoms with Crippen molar-refractivity contribution < 1.29 is 9.21 Å². The Labute approximate surface area is 146 Å². The quantitative estimate of drug-likeness (QED) is 0.795. The number of aromatic nitrogens is 2. The molecule has 0 atom stereocenters.